The minimum absolute atomic E-state index is 0.387. The summed E-state index contributed by atoms with van der Waals surface area (Å²) in [5, 5.41) is 7.39. The molecule has 2 amide bonds. The van der Waals surface area contributed by atoms with Crippen molar-refractivity contribution in [2.45, 2.75) is 13.5 Å². The molecule has 3 aromatic carbocycles. The molecule has 0 radical (unpaired) electrons. The minimum Gasteiger partial charge on any atom is -0.493 e. The molecule has 0 spiro atoms. The zero-order chi connectivity index (χ0) is 22.2. The van der Waals surface area contributed by atoms with Crippen LogP contribution in [0.4, 0.5) is 10.5 Å². The number of carbonyl (C=O) groups is 1. The predicted octanol–water partition coefficient (Wildman–Crippen LogP) is 6.15. The molecule has 0 aromatic heterocycles. The smallest absolute Gasteiger partial charge is 0.339 e. The van der Waals surface area contributed by atoms with E-state index in [1.54, 1.807) is 25.3 Å². The number of anilines is 1. The van der Waals surface area contributed by atoms with E-state index in [9.17, 15) is 4.79 Å². The number of urea groups is 1. The van der Waals surface area contributed by atoms with Crippen molar-refractivity contribution in [3.05, 3.63) is 86.8 Å². The predicted molar refractivity (Wildman–Crippen MR) is 127 cm³/mol. The van der Waals surface area contributed by atoms with Crippen LogP contribution in [0.1, 0.15) is 16.7 Å². The average molecular weight is 503 g/mol. The quantitative estimate of drug-likeness (QED) is 0.300. The molecule has 3 rings (SSSR count). The summed E-state index contributed by atoms with van der Waals surface area (Å²) in [6.45, 7) is 2.33. The molecule has 0 fully saturated rings. The van der Waals surface area contributed by atoms with Gasteiger partial charge in [-0.1, -0.05) is 39.7 Å². The monoisotopic (exact) mass is 501 g/mol. The van der Waals surface area contributed by atoms with E-state index in [0.717, 1.165) is 21.2 Å². The molecule has 0 saturated heterocycles. The molecule has 0 atom stereocenters. The summed E-state index contributed by atoms with van der Waals surface area (Å²) in [6.07, 6.45) is 1.53. The molecule has 0 aliphatic rings. The highest BCUT2D eigenvalue weighted by atomic mass is 79.9. The van der Waals surface area contributed by atoms with Gasteiger partial charge in [0.25, 0.3) is 0 Å². The maximum Gasteiger partial charge on any atom is 0.339 e. The second-order valence-electron chi connectivity index (χ2n) is 6.61. The molecule has 0 saturated carbocycles. The number of nitrogens with one attached hydrogen (secondary N) is 2. The summed E-state index contributed by atoms with van der Waals surface area (Å²) in [5.41, 5.74) is 5.88. The van der Waals surface area contributed by atoms with Crippen LogP contribution < -0.4 is 20.2 Å². The van der Waals surface area contributed by atoms with Crippen LogP contribution >= 0.6 is 27.5 Å². The van der Waals surface area contributed by atoms with E-state index in [4.69, 9.17) is 21.1 Å². The van der Waals surface area contributed by atoms with Crippen LogP contribution in [0.5, 0.6) is 11.5 Å². The number of hydrogen-bond donors (Lipinski definition) is 2. The molecule has 3 aromatic rings. The lowest BCUT2D eigenvalue weighted by atomic mass is 10.2. The lowest BCUT2D eigenvalue weighted by Gasteiger charge is -2.11. The molecular weight excluding hydrogens is 482 g/mol. The van der Waals surface area contributed by atoms with Gasteiger partial charge in [0.2, 0.25) is 0 Å². The zero-order valence-corrected chi connectivity index (χ0v) is 19.3. The van der Waals surface area contributed by atoms with Gasteiger partial charge in [0, 0.05) is 15.2 Å². The van der Waals surface area contributed by atoms with E-state index in [-0.39, 0.29) is 0 Å². The molecule has 0 aliphatic heterocycles. The maximum absolute atomic E-state index is 12.0. The number of benzene rings is 3. The van der Waals surface area contributed by atoms with Gasteiger partial charge in [-0.25, -0.2) is 10.2 Å². The summed E-state index contributed by atoms with van der Waals surface area (Å²) >= 11 is 9.33. The lowest BCUT2D eigenvalue weighted by Crippen LogP contribution is -2.24. The summed E-state index contributed by atoms with van der Waals surface area (Å²) in [7, 11) is 1.57. The highest BCUT2D eigenvalue weighted by Gasteiger charge is 2.06. The van der Waals surface area contributed by atoms with E-state index in [1.807, 2.05) is 49.4 Å². The number of ether oxygens (including phenoxy) is 2. The largest absolute Gasteiger partial charge is 0.493 e. The number of methoxy groups -OCH3 is 1. The Hall–Kier alpha value is -3.03. The van der Waals surface area contributed by atoms with Gasteiger partial charge >= 0.3 is 6.03 Å². The van der Waals surface area contributed by atoms with Crippen molar-refractivity contribution in [2.75, 3.05) is 12.4 Å². The molecule has 0 heterocycles. The third-order valence-corrected chi connectivity index (χ3v) is 5.43. The van der Waals surface area contributed by atoms with Gasteiger partial charge < -0.3 is 14.8 Å². The fraction of sp³-hybridized carbons (Fsp3) is 0.130. The Morgan fingerprint density at radius 3 is 2.58 bits per heavy atom. The van der Waals surface area contributed by atoms with Crippen LogP contribution in [0.2, 0.25) is 5.02 Å². The fourth-order valence-electron chi connectivity index (χ4n) is 2.67. The number of aryl methyl sites for hydroxylation is 1. The highest BCUT2D eigenvalue weighted by molar-refractivity contribution is 9.10. The summed E-state index contributed by atoms with van der Waals surface area (Å²) in [4.78, 5) is 12.0. The van der Waals surface area contributed by atoms with Crippen molar-refractivity contribution in [3.8, 4) is 11.5 Å². The average Bonchev–Trinajstić information content (AvgIpc) is 2.76. The Morgan fingerprint density at radius 1 is 1.10 bits per heavy atom. The first-order valence-electron chi connectivity index (χ1n) is 9.36. The number of halogens is 2. The van der Waals surface area contributed by atoms with Gasteiger partial charge in [-0.3, -0.25) is 0 Å². The van der Waals surface area contributed by atoms with Crippen LogP contribution in [0.3, 0.4) is 0 Å². The minimum atomic E-state index is -0.437. The molecule has 0 aliphatic carbocycles. The van der Waals surface area contributed by atoms with E-state index >= 15 is 0 Å². The first-order valence-corrected chi connectivity index (χ1v) is 10.5. The van der Waals surface area contributed by atoms with Gasteiger partial charge in [0.15, 0.2) is 11.5 Å². The molecule has 2 N–H and O–H groups in total. The highest BCUT2D eigenvalue weighted by Crippen LogP contribution is 2.28. The molecule has 0 unspecified atom stereocenters. The topological polar surface area (TPSA) is 72.0 Å². The molecule has 8 heteroatoms. The second-order valence-corrected chi connectivity index (χ2v) is 7.90. The van der Waals surface area contributed by atoms with Crippen molar-refractivity contribution in [1.29, 1.82) is 0 Å². The Balaban J connectivity index is 1.57. The Bertz CT molecular complexity index is 1090. The molecule has 6 nitrogen and oxygen atoms in total. The summed E-state index contributed by atoms with van der Waals surface area (Å²) in [6, 6.07) is 17.9. The van der Waals surface area contributed by atoms with Crippen molar-refractivity contribution >= 4 is 45.5 Å². The first-order chi connectivity index (χ1) is 14.9. The Kier molecular flexibility index (Phi) is 7.92. The summed E-state index contributed by atoms with van der Waals surface area (Å²) < 4.78 is 12.2. The molecule has 31 heavy (non-hydrogen) atoms. The summed E-state index contributed by atoms with van der Waals surface area (Å²) in [5.74, 6) is 1.17. The first kappa shape index (κ1) is 22.7. The number of hydrazone groups is 1. The van der Waals surface area contributed by atoms with Crippen molar-refractivity contribution in [2.24, 2.45) is 5.10 Å². The standard InChI is InChI=1S/C23H21BrClN3O3/c1-15-11-19(8-9-20(15)24)27-23(29)28-26-13-17-5-10-21(22(12-17)30-2)31-14-16-3-6-18(25)7-4-16/h3-13H,14H2,1-2H3,(H2,27,28,29)/b26-13+. The number of amides is 2. The Labute approximate surface area is 194 Å². The number of hydrogen-bond acceptors (Lipinski definition) is 4. The van der Waals surface area contributed by atoms with Crippen molar-refractivity contribution in [3.63, 3.8) is 0 Å². The van der Waals surface area contributed by atoms with E-state index in [0.29, 0.717) is 28.8 Å². The normalized spacial score (nSPS) is 10.7. The van der Waals surface area contributed by atoms with E-state index < -0.39 is 6.03 Å². The van der Waals surface area contributed by atoms with Crippen LogP contribution in [-0.4, -0.2) is 19.4 Å². The van der Waals surface area contributed by atoms with E-state index in [2.05, 4.69) is 31.8 Å². The molecular formula is C23H21BrClN3O3. The molecule has 0 bridgehead atoms. The fourth-order valence-corrected chi connectivity index (χ4v) is 3.04. The van der Waals surface area contributed by atoms with Gasteiger partial charge in [-0.2, -0.15) is 5.10 Å². The van der Waals surface area contributed by atoms with Crippen LogP contribution in [-0.2, 0) is 6.61 Å². The van der Waals surface area contributed by atoms with Gasteiger partial charge in [-0.15, -0.1) is 0 Å². The lowest BCUT2D eigenvalue weighted by molar-refractivity contribution is 0.252. The number of rotatable bonds is 7. The van der Waals surface area contributed by atoms with Crippen molar-refractivity contribution < 1.29 is 14.3 Å². The second kappa shape index (κ2) is 10.8. The van der Waals surface area contributed by atoms with Crippen LogP contribution in [0.25, 0.3) is 0 Å². The number of carbonyl (C=O) groups excluding carboxylic acids is 1. The third-order valence-electron chi connectivity index (χ3n) is 4.29. The van der Waals surface area contributed by atoms with Crippen LogP contribution in [0, 0.1) is 6.92 Å². The van der Waals surface area contributed by atoms with Gasteiger partial charge in [-0.05, 0) is 72.1 Å². The third kappa shape index (κ3) is 6.73. The maximum atomic E-state index is 12.0. The SMILES string of the molecule is COc1cc(/C=N/NC(=O)Nc2ccc(Br)c(C)c2)ccc1OCc1ccc(Cl)cc1. The van der Waals surface area contributed by atoms with Gasteiger partial charge in [0.05, 0.1) is 13.3 Å². The molecule has 160 valence electrons. The Morgan fingerprint density at radius 2 is 1.87 bits per heavy atom. The van der Waals surface area contributed by atoms with Crippen molar-refractivity contribution in [1.82, 2.24) is 5.43 Å². The zero-order valence-electron chi connectivity index (χ0n) is 17.0. The van der Waals surface area contributed by atoms with Gasteiger partial charge in [0.1, 0.15) is 6.61 Å². The number of nitrogens with zero attached hydrogens (tertiary/aromatic N) is 1. The van der Waals surface area contributed by atoms with Crippen LogP contribution in [0.15, 0.2) is 70.2 Å². The van der Waals surface area contributed by atoms with E-state index in [1.165, 1.54) is 6.21 Å².